The Hall–Kier alpha value is -0.0800. The van der Waals surface area contributed by atoms with Crippen LogP contribution in [0.3, 0.4) is 0 Å². The van der Waals surface area contributed by atoms with E-state index in [-0.39, 0.29) is 6.10 Å². The van der Waals surface area contributed by atoms with Crippen molar-refractivity contribution in [1.82, 2.24) is 5.32 Å². The molecule has 0 heterocycles. The van der Waals surface area contributed by atoms with E-state index in [2.05, 4.69) is 12.2 Å². The molecule has 0 saturated heterocycles. The highest BCUT2D eigenvalue weighted by atomic mass is 16.3. The molecule has 2 heteroatoms. The maximum atomic E-state index is 9.11. The normalized spacial score (nSPS) is 31.6. The fourth-order valence-corrected chi connectivity index (χ4v) is 2.10. The summed E-state index contributed by atoms with van der Waals surface area (Å²) in [5.41, 5.74) is 0. The van der Waals surface area contributed by atoms with Gasteiger partial charge in [-0.05, 0) is 38.6 Å². The summed E-state index contributed by atoms with van der Waals surface area (Å²) in [6, 6.07) is 0.701. The van der Waals surface area contributed by atoms with E-state index in [0.29, 0.717) is 6.04 Å². The van der Waals surface area contributed by atoms with Crippen molar-refractivity contribution in [2.45, 2.75) is 58.1 Å². The fraction of sp³-hybridized carbons (Fsp3) is 1.00. The Morgan fingerprint density at radius 1 is 1.38 bits per heavy atom. The summed E-state index contributed by atoms with van der Waals surface area (Å²) in [4.78, 5) is 0. The van der Waals surface area contributed by atoms with Crippen molar-refractivity contribution in [2.24, 2.45) is 5.92 Å². The number of hydrogen-bond donors (Lipinski definition) is 2. The smallest absolute Gasteiger partial charge is 0.0524 e. The van der Waals surface area contributed by atoms with E-state index in [1.54, 1.807) is 0 Å². The van der Waals surface area contributed by atoms with Crippen LogP contribution in [0.15, 0.2) is 0 Å². The third-order valence-electron chi connectivity index (χ3n) is 3.08. The van der Waals surface area contributed by atoms with Crippen molar-refractivity contribution in [2.75, 3.05) is 6.54 Å². The van der Waals surface area contributed by atoms with Crippen molar-refractivity contribution in [3.05, 3.63) is 0 Å². The Morgan fingerprint density at radius 3 is 2.69 bits per heavy atom. The third-order valence-corrected chi connectivity index (χ3v) is 3.08. The molecule has 0 spiro atoms. The van der Waals surface area contributed by atoms with E-state index >= 15 is 0 Å². The number of nitrogens with one attached hydrogen (secondary N) is 1. The molecule has 3 atom stereocenters. The van der Waals surface area contributed by atoms with Crippen molar-refractivity contribution < 1.29 is 5.11 Å². The highest BCUT2D eigenvalue weighted by molar-refractivity contribution is 4.77. The van der Waals surface area contributed by atoms with Crippen molar-refractivity contribution in [1.29, 1.82) is 0 Å². The van der Waals surface area contributed by atoms with Crippen LogP contribution in [0.25, 0.3) is 0 Å². The molecule has 0 aliphatic heterocycles. The summed E-state index contributed by atoms with van der Waals surface area (Å²) in [5.74, 6) is 0.822. The summed E-state index contributed by atoms with van der Waals surface area (Å²) in [6.45, 7) is 5.15. The van der Waals surface area contributed by atoms with Gasteiger partial charge in [0.1, 0.15) is 0 Å². The van der Waals surface area contributed by atoms with E-state index in [1.165, 1.54) is 25.7 Å². The summed E-state index contributed by atoms with van der Waals surface area (Å²) >= 11 is 0. The van der Waals surface area contributed by atoms with Crippen LogP contribution in [0.5, 0.6) is 0 Å². The van der Waals surface area contributed by atoms with Crippen LogP contribution in [-0.2, 0) is 0 Å². The molecule has 78 valence electrons. The molecule has 0 radical (unpaired) electrons. The first-order valence-corrected chi connectivity index (χ1v) is 5.61. The van der Waals surface area contributed by atoms with Gasteiger partial charge in [-0.2, -0.15) is 0 Å². The molecule has 1 aliphatic rings. The predicted octanol–water partition coefficient (Wildman–Crippen LogP) is 1.93. The van der Waals surface area contributed by atoms with Gasteiger partial charge in [0.05, 0.1) is 6.10 Å². The average Bonchev–Trinajstić information content (AvgIpc) is 2.08. The first-order valence-electron chi connectivity index (χ1n) is 5.61. The zero-order valence-electron chi connectivity index (χ0n) is 8.92. The minimum Gasteiger partial charge on any atom is -0.393 e. The van der Waals surface area contributed by atoms with Gasteiger partial charge in [-0.1, -0.05) is 19.8 Å². The molecular formula is C11H23NO. The Bertz CT molecular complexity index is 136. The zero-order valence-corrected chi connectivity index (χ0v) is 8.92. The Balaban J connectivity index is 2.11. The van der Waals surface area contributed by atoms with Crippen molar-refractivity contribution in [3.8, 4) is 0 Å². The zero-order chi connectivity index (χ0) is 9.68. The van der Waals surface area contributed by atoms with Gasteiger partial charge >= 0.3 is 0 Å². The van der Waals surface area contributed by atoms with Crippen LogP contribution in [0.1, 0.15) is 46.0 Å². The summed E-state index contributed by atoms with van der Waals surface area (Å²) < 4.78 is 0. The predicted molar refractivity (Wildman–Crippen MR) is 55.7 cm³/mol. The van der Waals surface area contributed by atoms with Crippen molar-refractivity contribution in [3.63, 3.8) is 0 Å². The molecule has 13 heavy (non-hydrogen) atoms. The molecule has 0 aromatic heterocycles. The first-order chi connectivity index (χ1) is 6.20. The average molecular weight is 185 g/mol. The molecule has 2 N–H and O–H groups in total. The molecule has 0 unspecified atom stereocenters. The quantitative estimate of drug-likeness (QED) is 0.701. The second kappa shape index (κ2) is 5.61. The van der Waals surface area contributed by atoms with Crippen LogP contribution >= 0.6 is 0 Å². The largest absolute Gasteiger partial charge is 0.393 e. The minimum absolute atomic E-state index is 0.161. The monoisotopic (exact) mass is 185 g/mol. The lowest BCUT2D eigenvalue weighted by atomic mass is 9.86. The molecule has 0 aromatic rings. The fourth-order valence-electron chi connectivity index (χ4n) is 2.10. The highest BCUT2D eigenvalue weighted by Gasteiger charge is 2.20. The third kappa shape index (κ3) is 4.10. The second-order valence-electron chi connectivity index (χ2n) is 4.46. The SMILES string of the molecule is C[C@@H]1CCCC[C@@H]1NCC[C@@H](C)O. The van der Waals surface area contributed by atoms with Crippen molar-refractivity contribution >= 4 is 0 Å². The minimum atomic E-state index is -0.161. The molecule has 1 fully saturated rings. The lowest BCUT2D eigenvalue weighted by Gasteiger charge is -2.29. The number of aliphatic hydroxyl groups is 1. The van der Waals surface area contributed by atoms with Gasteiger partial charge in [-0.3, -0.25) is 0 Å². The molecule has 0 amide bonds. The molecule has 0 aromatic carbocycles. The van der Waals surface area contributed by atoms with E-state index in [1.807, 2.05) is 6.92 Å². The molecule has 1 saturated carbocycles. The highest BCUT2D eigenvalue weighted by Crippen LogP contribution is 2.23. The maximum Gasteiger partial charge on any atom is 0.0524 e. The molecule has 0 bridgehead atoms. The Kier molecular flexibility index (Phi) is 4.74. The number of aliphatic hydroxyl groups excluding tert-OH is 1. The molecule has 1 rings (SSSR count). The van der Waals surface area contributed by atoms with Gasteiger partial charge in [-0.15, -0.1) is 0 Å². The Morgan fingerprint density at radius 2 is 2.08 bits per heavy atom. The van der Waals surface area contributed by atoms with Gasteiger partial charge in [-0.25, -0.2) is 0 Å². The van der Waals surface area contributed by atoms with Gasteiger partial charge in [0.25, 0.3) is 0 Å². The van der Waals surface area contributed by atoms with Gasteiger partial charge in [0, 0.05) is 6.04 Å². The van der Waals surface area contributed by atoms with Gasteiger partial charge in [0.15, 0.2) is 0 Å². The van der Waals surface area contributed by atoms with Crippen LogP contribution < -0.4 is 5.32 Å². The lowest BCUT2D eigenvalue weighted by molar-refractivity contribution is 0.177. The van der Waals surface area contributed by atoms with Gasteiger partial charge in [0.2, 0.25) is 0 Å². The van der Waals surface area contributed by atoms with E-state index < -0.39 is 0 Å². The summed E-state index contributed by atoms with van der Waals surface area (Å²) in [6.07, 6.45) is 6.18. The molecule has 1 aliphatic carbocycles. The van der Waals surface area contributed by atoms with E-state index in [9.17, 15) is 0 Å². The molecule has 2 nitrogen and oxygen atoms in total. The van der Waals surface area contributed by atoms with Crippen LogP contribution in [-0.4, -0.2) is 23.8 Å². The number of rotatable bonds is 4. The van der Waals surface area contributed by atoms with E-state index in [4.69, 9.17) is 5.11 Å². The second-order valence-corrected chi connectivity index (χ2v) is 4.46. The first kappa shape index (κ1) is 11.0. The summed E-state index contributed by atoms with van der Waals surface area (Å²) in [7, 11) is 0. The standard InChI is InChI=1S/C11H23NO/c1-9-5-3-4-6-11(9)12-8-7-10(2)13/h9-13H,3-8H2,1-2H3/t9-,10-,11+/m1/s1. The van der Waals surface area contributed by atoms with Crippen LogP contribution in [0, 0.1) is 5.92 Å². The lowest BCUT2D eigenvalue weighted by Crippen LogP contribution is -2.38. The molecular weight excluding hydrogens is 162 g/mol. The van der Waals surface area contributed by atoms with Crippen LogP contribution in [0.2, 0.25) is 0 Å². The topological polar surface area (TPSA) is 32.3 Å². The van der Waals surface area contributed by atoms with Gasteiger partial charge < -0.3 is 10.4 Å². The number of hydrogen-bond acceptors (Lipinski definition) is 2. The maximum absolute atomic E-state index is 9.11. The van der Waals surface area contributed by atoms with Crippen LogP contribution in [0.4, 0.5) is 0 Å². The van der Waals surface area contributed by atoms with E-state index in [0.717, 1.165) is 18.9 Å². The Labute approximate surface area is 81.7 Å². The summed E-state index contributed by atoms with van der Waals surface area (Å²) in [5, 5.41) is 12.7.